The largest absolute Gasteiger partial charge is 0.463 e. The highest BCUT2D eigenvalue weighted by molar-refractivity contribution is 5.83. The SMILES string of the molecule is [2H]CCCCCCCCCC(=O)OC[C@@H](O)[C@@H](O)[C@H](O)[C@@H](O)C(O)C(=O)CCCCCCCCC[2H]. The maximum atomic E-state index is 12.1. The van der Waals surface area contributed by atoms with Gasteiger partial charge in [0.05, 0.1) is 0 Å². The van der Waals surface area contributed by atoms with Crippen molar-refractivity contribution < 1.29 is 42.6 Å². The van der Waals surface area contributed by atoms with Crippen molar-refractivity contribution in [2.75, 3.05) is 6.61 Å². The molecule has 8 heteroatoms. The van der Waals surface area contributed by atoms with E-state index in [2.05, 4.69) is 0 Å². The maximum Gasteiger partial charge on any atom is 0.305 e. The summed E-state index contributed by atoms with van der Waals surface area (Å²) in [5, 5.41) is 50.3. The first-order chi connectivity index (χ1) is 17.3. The van der Waals surface area contributed by atoms with Gasteiger partial charge in [0.25, 0.3) is 0 Å². The van der Waals surface area contributed by atoms with Gasteiger partial charge in [-0.2, -0.15) is 0 Å². The van der Waals surface area contributed by atoms with Crippen LogP contribution >= 0.6 is 0 Å². The Hall–Kier alpha value is -1.06. The summed E-state index contributed by atoms with van der Waals surface area (Å²) < 4.78 is 19.1. The van der Waals surface area contributed by atoms with Crippen LogP contribution in [0.25, 0.3) is 0 Å². The quantitative estimate of drug-likeness (QED) is 0.108. The zero-order chi connectivity index (χ0) is 27.2. The van der Waals surface area contributed by atoms with Crippen molar-refractivity contribution in [3.05, 3.63) is 0 Å². The number of ether oxygens (including phenoxy) is 1. The van der Waals surface area contributed by atoms with Crippen LogP contribution in [-0.2, 0) is 14.3 Å². The smallest absolute Gasteiger partial charge is 0.305 e. The minimum atomic E-state index is -2.00. The molecule has 1 unspecified atom stereocenters. The van der Waals surface area contributed by atoms with E-state index in [1.807, 2.05) is 0 Å². The molecule has 0 heterocycles. The lowest BCUT2D eigenvalue weighted by atomic mass is 9.95. The third-order valence-electron chi connectivity index (χ3n) is 5.97. The first kappa shape index (κ1) is 29.2. The summed E-state index contributed by atoms with van der Waals surface area (Å²) in [6.45, 7) is 0.312. The predicted molar refractivity (Wildman–Crippen MR) is 131 cm³/mol. The fourth-order valence-electron chi connectivity index (χ4n) is 3.64. The van der Waals surface area contributed by atoms with Crippen LogP contribution in [0.2, 0.25) is 0 Å². The number of Topliss-reactive ketones (excluding diaryl/α,β-unsaturated/α-hetero) is 1. The lowest BCUT2D eigenvalue weighted by Gasteiger charge is -2.28. The highest BCUT2D eigenvalue weighted by Gasteiger charge is 2.37. The zero-order valence-electron chi connectivity index (χ0n) is 22.8. The van der Waals surface area contributed by atoms with Crippen LogP contribution in [0.1, 0.15) is 119 Å². The van der Waals surface area contributed by atoms with E-state index < -0.39 is 48.9 Å². The number of hydrogen-bond donors (Lipinski definition) is 5. The van der Waals surface area contributed by atoms with Crippen LogP contribution in [0.3, 0.4) is 0 Å². The van der Waals surface area contributed by atoms with Crippen LogP contribution in [0.15, 0.2) is 0 Å². The molecule has 0 aliphatic heterocycles. The Kier molecular flexibility index (Phi) is 18.2. The van der Waals surface area contributed by atoms with Crippen LogP contribution < -0.4 is 0 Å². The molecule has 0 saturated heterocycles. The summed E-state index contributed by atoms with van der Waals surface area (Å²) in [4.78, 5) is 23.9. The second-order valence-corrected chi connectivity index (χ2v) is 9.08. The van der Waals surface area contributed by atoms with E-state index in [1.54, 1.807) is 0 Å². The maximum absolute atomic E-state index is 12.1. The Balaban J connectivity index is 4.09. The molecule has 0 aliphatic rings. The number of rotatable bonds is 23. The first-order valence-corrected chi connectivity index (χ1v) is 12.9. The lowest BCUT2D eigenvalue weighted by Crippen LogP contribution is -2.52. The zero-order valence-corrected chi connectivity index (χ0v) is 20.8. The van der Waals surface area contributed by atoms with E-state index in [-0.39, 0.29) is 12.8 Å². The molecule has 0 rings (SSSR count). The van der Waals surface area contributed by atoms with Gasteiger partial charge in [-0.3, -0.25) is 9.59 Å². The fourth-order valence-corrected chi connectivity index (χ4v) is 3.64. The third kappa shape index (κ3) is 15.8. The molecule has 0 amide bonds. The van der Waals surface area contributed by atoms with Gasteiger partial charge in [-0.15, -0.1) is 0 Å². The molecule has 0 aromatic carbocycles. The summed E-state index contributed by atoms with van der Waals surface area (Å²) >= 11 is 0. The number of carbonyl (C=O) groups is 2. The van der Waals surface area contributed by atoms with Crippen molar-refractivity contribution in [1.29, 1.82) is 0 Å². The van der Waals surface area contributed by atoms with Gasteiger partial charge in [-0.05, 0) is 12.8 Å². The average Bonchev–Trinajstić information content (AvgIpc) is 2.88. The van der Waals surface area contributed by atoms with Crippen LogP contribution in [-0.4, -0.2) is 74.4 Å². The van der Waals surface area contributed by atoms with E-state index >= 15 is 0 Å². The molecule has 0 radical (unpaired) electrons. The van der Waals surface area contributed by atoms with Gasteiger partial charge in [0, 0.05) is 15.6 Å². The Bertz CT molecular complexity index is 552. The van der Waals surface area contributed by atoms with Gasteiger partial charge >= 0.3 is 5.97 Å². The number of unbranched alkanes of at least 4 members (excludes halogenated alkanes) is 12. The van der Waals surface area contributed by atoms with Crippen molar-refractivity contribution in [2.45, 2.75) is 147 Å². The molecule has 5 N–H and O–H groups in total. The Morgan fingerprint density at radius 1 is 0.647 bits per heavy atom. The molecule has 5 atom stereocenters. The molecule has 8 nitrogen and oxygen atoms in total. The predicted octanol–water partition coefficient (Wildman–Crippen LogP) is 3.18. The normalized spacial score (nSPS) is 16.7. The van der Waals surface area contributed by atoms with Crippen LogP contribution in [0, 0.1) is 0 Å². The molecule has 0 fully saturated rings. The number of aliphatic hydroxyl groups is 5. The lowest BCUT2D eigenvalue weighted by molar-refractivity contribution is -0.163. The van der Waals surface area contributed by atoms with Gasteiger partial charge in [0.2, 0.25) is 0 Å². The highest BCUT2D eigenvalue weighted by Crippen LogP contribution is 2.14. The summed E-state index contributed by atoms with van der Waals surface area (Å²) in [6, 6.07) is 0. The number of hydrogen-bond acceptors (Lipinski definition) is 8. The standard InChI is InChI=1S/C26H50O8/c1-3-5-7-9-11-13-15-17-20(27)23(30)25(32)26(33)24(31)21(28)19-34-22(29)18-16-14-12-10-8-6-4-2/h21,23-26,28,30-33H,3-19H2,1-2H3/t21-,23?,24-,25+,26+/m1/s1/i1D,2D. The van der Waals surface area contributed by atoms with Crippen molar-refractivity contribution in [3.8, 4) is 0 Å². The Morgan fingerprint density at radius 2 is 1.12 bits per heavy atom. The van der Waals surface area contributed by atoms with E-state index in [0.29, 0.717) is 26.6 Å². The Morgan fingerprint density at radius 3 is 1.65 bits per heavy atom. The van der Waals surface area contributed by atoms with Gasteiger partial charge < -0.3 is 30.3 Å². The van der Waals surface area contributed by atoms with Crippen LogP contribution in [0.4, 0.5) is 0 Å². The molecular weight excluding hydrogens is 440 g/mol. The molecule has 0 saturated carbocycles. The van der Waals surface area contributed by atoms with E-state index in [9.17, 15) is 35.1 Å². The first-order valence-electron chi connectivity index (χ1n) is 14.3. The monoisotopic (exact) mass is 492 g/mol. The molecule has 0 aliphatic carbocycles. The molecular formula is C26H50O8. The van der Waals surface area contributed by atoms with Crippen molar-refractivity contribution >= 4 is 11.8 Å². The van der Waals surface area contributed by atoms with Gasteiger partial charge in [0.1, 0.15) is 37.1 Å². The fraction of sp³-hybridized carbons (Fsp3) is 0.923. The van der Waals surface area contributed by atoms with E-state index in [4.69, 9.17) is 7.48 Å². The molecule has 0 aromatic heterocycles. The van der Waals surface area contributed by atoms with Crippen molar-refractivity contribution in [3.63, 3.8) is 0 Å². The third-order valence-corrected chi connectivity index (χ3v) is 5.97. The second-order valence-electron chi connectivity index (χ2n) is 9.08. The van der Waals surface area contributed by atoms with Crippen molar-refractivity contribution in [2.24, 2.45) is 0 Å². The number of aliphatic hydroxyl groups excluding tert-OH is 5. The van der Waals surface area contributed by atoms with Gasteiger partial charge in [0.15, 0.2) is 5.78 Å². The van der Waals surface area contributed by atoms with Crippen molar-refractivity contribution in [1.82, 2.24) is 0 Å². The summed E-state index contributed by atoms with van der Waals surface area (Å²) in [5.41, 5.74) is 0. The summed E-state index contributed by atoms with van der Waals surface area (Å²) in [5.74, 6) is -1.20. The van der Waals surface area contributed by atoms with E-state index in [1.165, 1.54) is 0 Å². The topological polar surface area (TPSA) is 145 Å². The van der Waals surface area contributed by atoms with Gasteiger partial charge in [-0.1, -0.05) is 90.8 Å². The number of carbonyl (C=O) groups excluding carboxylic acids is 2. The Labute approximate surface area is 208 Å². The molecule has 0 aromatic rings. The second kappa shape index (κ2) is 21.2. The molecule has 0 spiro atoms. The van der Waals surface area contributed by atoms with Gasteiger partial charge in [-0.25, -0.2) is 0 Å². The minimum Gasteiger partial charge on any atom is -0.463 e. The average molecular weight is 493 g/mol. The summed E-state index contributed by atoms with van der Waals surface area (Å²) in [6.07, 6.45) is 3.54. The number of ketones is 1. The molecule has 0 bridgehead atoms. The molecule has 202 valence electrons. The minimum absolute atomic E-state index is 0.0269. The summed E-state index contributed by atoms with van der Waals surface area (Å²) in [7, 11) is 0. The van der Waals surface area contributed by atoms with Crippen LogP contribution in [0.5, 0.6) is 0 Å². The van der Waals surface area contributed by atoms with E-state index in [0.717, 1.165) is 77.0 Å². The highest BCUT2D eigenvalue weighted by atomic mass is 16.5. The molecule has 34 heavy (non-hydrogen) atoms. The number of esters is 1.